The zero-order valence-corrected chi connectivity index (χ0v) is 8.88. The van der Waals surface area contributed by atoms with Gasteiger partial charge in [0, 0.05) is 0 Å². The molecule has 1 amide bonds. The fourth-order valence-corrected chi connectivity index (χ4v) is 0.853. The molecular weight excluding hydrogens is 208 g/mol. The van der Waals surface area contributed by atoms with Crippen LogP contribution >= 0.6 is 11.6 Å². The fraction of sp³-hybridized carbons (Fsp3) is 0.500. The van der Waals surface area contributed by atoms with E-state index in [0.29, 0.717) is 0 Å². The summed E-state index contributed by atoms with van der Waals surface area (Å²) >= 11 is 5.41. The van der Waals surface area contributed by atoms with E-state index < -0.39 is 11.7 Å². The summed E-state index contributed by atoms with van der Waals surface area (Å²) in [5, 5.41) is 2.34. The zero-order valence-electron chi connectivity index (χ0n) is 8.13. The van der Waals surface area contributed by atoms with E-state index in [-0.39, 0.29) is 11.2 Å². The lowest BCUT2D eigenvalue weighted by Crippen LogP contribution is -2.27. The third kappa shape index (κ3) is 3.66. The van der Waals surface area contributed by atoms with Crippen LogP contribution in [-0.2, 0) is 4.74 Å². The van der Waals surface area contributed by atoms with E-state index >= 15 is 0 Å². The normalized spacial score (nSPS) is 11.1. The van der Waals surface area contributed by atoms with E-state index in [0.717, 1.165) is 0 Å². The minimum atomic E-state index is -0.595. The number of rotatable bonds is 1. The number of anilines is 1. The molecule has 0 fully saturated rings. The van der Waals surface area contributed by atoms with Crippen LogP contribution < -0.4 is 5.32 Å². The van der Waals surface area contributed by atoms with Crippen molar-refractivity contribution in [3.8, 4) is 0 Å². The smallest absolute Gasteiger partial charge is 0.413 e. The second kappa shape index (κ2) is 3.88. The summed E-state index contributed by atoms with van der Waals surface area (Å²) in [7, 11) is 0. The Morgan fingerprint density at radius 3 is 2.71 bits per heavy atom. The summed E-state index contributed by atoms with van der Waals surface area (Å²) in [4.78, 5) is 14.8. The van der Waals surface area contributed by atoms with E-state index in [1.54, 1.807) is 20.8 Å². The molecule has 1 N–H and O–H groups in total. The second-order valence-electron chi connectivity index (χ2n) is 3.61. The number of nitrogens with zero attached hydrogens (tertiary/aromatic N) is 1. The summed E-state index contributed by atoms with van der Waals surface area (Å²) < 4.78 is 9.66. The van der Waals surface area contributed by atoms with Gasteiger partial charge in [-0.05, 0) is 32.4 Å². The number of ether oxygens (including phenoxy) is 1. The molecule has 0 saturated carbocycles. The number of hydrogen-bond donors (Lipinski definition) is 1. The molecular formula is C8H11ClN2O3. The largest absolute Gasteiger partial charge is 0.444 e. The molecule has 0 aliphatic heterocycles. The van der Waals surface area contributed by atoms with Gasteiger partial charge in [0.2, 0.25) is 0 Å². The van der Waals surface area contributed by atoms with Gasteiger partial charge in [-0.15, -0.1) is 0 Å². The Bertz CT molecular complexity index is 330. The highest BCUT2D eigenvalue weighted by Crippen LogP contribution is 2.13. The Kier molecular flexibility index (Phi) is 3.00. The number of hydrogen-bond acceptors (Lipinski definition) is 4. The molecule has 1 rings (SSSR count). The Balaban J connectivity index is 2.50. The molecule has 0 atom stereocenters. The van der Waals surface area contributed by atoms with E-state index in [4.69, 9.17) is 16.3 Å². The van der Waals surface area contributed by atoms with Crippen molar-refractivity contribution in [1.82, 2.24) is 4.98 Å². The van der Waals surface area contributed by atoms with Gasteiger partial charge in [0.1, 0.15) is 11.9 Å². The van der Waals surface area contributed by atoms with Crippen LogP contribution in [0.25, 0.3) is 0 Å². The molecule has 0 spiro atoms. The van der Waals surface area contributed by atoms with E-state index in [1.165, 1.54) is 6.26 Å². The van der Waals surface area contributed by atoms with Crippen molar-refractivity contribution >= 4 is 23.5 Å². The first kappa shape index (κ1) is 10.8. The molecule has 6 heteroatoms. The van der Waals surface area contributed by atoms with E-state index in [1.807, 2.05) is 0 Å². The standard InChI is InChI=1S/C8H11ClN2O3/c1-8(2,3)14-7(12)11-5-4-13-6(9)10-5/h4H,1-3H3,(H,11,12). The quantitative estimate of drug-likeness (QED) is 0.787. The number of halogens is 1. The van der Waals surface area contributed by atoms with Gasteiger partial charge in [-0.3, -0.25) is 5.32 Å². The lowest BCUT2D eigenvalue weighted by atomic mass is 10.2. The number of aromatic nitrogens is 1. The molecule has 1 aromatic rings. The third-order valence-corrected chi connectivity index (χ3v) is 1.28. The Hall–Kier alpha value is -1.23. The van der Waals surface area contributed by atoms with Crippen LogP contribution in [0.2, 0.25) is 5.35 Å². The van der Waals surface area contributed by atoms with Crippen LogP contribution in [0.15, 0.2) is 10.7 Å². The van der Waals surface area contributed by atoms with Gasteiger partial charge in [-0.2, -0.15) is 4.98 Å². The van der Waals surface area contributed by atoms with Crippen molar-refractivity contribution in [2.45, 2.75) is 26.4 Å². The molecule has 1 aromatic heterocycles. The predicted octanol–water partition coefficient (Wildman–Crippen LogP) is 2.68. The van der Waals surface area contributed by atoms with Gasteiger partial charge < -0.3 is 9.15 Å². The number of amides is 1. The molecule has 0 radical (unpaired) electrons. The van der Waals surface area contributed by atoms with Crippen molar-refractivity contribution in [2.75, 3.05) is 5.32 Å². The molecule has 1 heterocycles. The molecule has 0 bridgehead atoms. The maximum absolute atomic E-state index is 11.2. The number of carbonyl (C=O) groups is 1. The van der Waals surface area contributed by atoms with E-state index in [9.17, 15) is 4.79 Å². The maximum atomic E-state index is 11.2. The summed E-state index contributed by atoms with van der Waals surface area (Å²) in [6.07, 6.45) is 0.633. The molecule has 0 aliphatic carbocycles. The van der Waals surface area contributed by atoms with Gasteiger partial charge in [0.15, 0.2) is 5.82 Å². The van der Waals surface area contributed by atoms with Gasteiger partial charge in [0.05, 0.1) is 0 Å². The average molecular weight is 219 g/mol. The molecule has 0 aromatic carbocycles. The summed E-state index contributed by atoms with van der Waals surface area (Å²) in [5.74, 6) is 0.226. The molecule has 0 aliphatic rings. The van der Waals surface area contributed by atoms with Crippen LogP contribution in [-0.4, -0.2) is 16.7 Å². The number of oxazole rings is 1. The highest BCUT2D eigenvalue weighted by atomic mass is 35.5. The van der Waals surface area contributed by atoms with E-state index in [2.05, 4.69) is 14.7 Å². The average Bonchev–Trinajstić information content (AvgIpc) is 2.30. The van der Waals surface area contributed by atoms with Crippen LogP contribution in [0.5, 0.6) is 0 Å². The highest BCUT2D eigenvalue weighted by molar-refractivity contribution is 6.27. The van der Waals surface area contributed by atoms with Crippen molar-refractivity contribution < 1.29 is 13.9 Å². The Labute approximate surface area is 86.4 Å². The molecule has 78 valence electrons. The summed E-state index contributed by atoms with van der Waals surface area (Å²) in [6.45, 7) is 5.30. The van der Waals surface area contributed by atoms with Crippen LogP contribution in [0, 0.1) is 0 Å². The first-order valence-electron chi connectivity index (χ1n) is 3.98. The lowest BCUT2D eigenvalue weighted by molar-refractivity contribution is 0.0635. The maximum Gasteiger partial charge on any atom is 0.413 e. The van der Waals surface area contributed by atoms with Crippen molar-refractivity contribution in [1.29, 1.82) is 0 Å². The molecule has 0 saturated heterocycles. The fourth-order valence-electron chi connectivity index (χ4n) is 0.717. The Morgan fingerprint density at radius 1 is 1.64 bits per heavy atom. The highest BCUT2D eigenvalue weighted by Gasteiger charge is 2.17. The second-order valence-corrected chi connectivity index (χ2v) is 3.94. The van der Waals surface area contributed by atoms with Gasteiger partial charge in [0.25, 0.3) is 5.35 Å². The first-order chi connectivity index (χ1) is 6.37. The van der Waals surface area contributed by atoms with Gasteiger partial charge in [-0.25, -0.2) is 4.79 Å². The Morgan fingerprint density at radius 2 is 2.29 bits per heavy atom. The number of carbonyl (C=O) groups excluding carboxylic acids is 1. The first-order valence-corrected chi connectivity index (χ1v) is 4.36. The zero-order chi connectivity index (χ0) is 10.8. The SMILES string of the molecule is CC(C)(C)OC(=O)Nc1coc(Cl)n1. The third-order valence-electron chi connectivity index (χ3n) is 1.11. The lowest BCUT2D eigenvalue weighted by Gasteiger charge is -2.18. The van der Waals surface area contributed by atoms with Gasteiger partial charge >= 0.3 is 6.09 Å². The predicted molar refractivity (Wildman–Crippen MR) is 51.4 cm³/mol. The summed E-state index contributed by atoms with van der Waals surface area (Å²) in [6, 6.07) is 0. The molecule has 5 nitrogen and oxygen atoms in total. The van der Waals surface area contributed by atoms with Crippen molar-refractivity contribution in [3.63, 3.8) is 0 Å². The number of nitrogens with one attached hydrogen (secondary N) is 1. The van der Waals surface area contributed by atoms with Crippen LogP contribution in [0.3, 0.4) is 0 Å². The van der Waals surface area contributed by atoms with Crippen LogP contribution in [0.1, 0.15) is 20.8 Å². The minimum Gasteiger partial charge on any atom is -0.444 e. The monoisotopic (exact) mass is 218 g/mol. The topological polar surface area (TPSA) is 64.4 Å². The van der Waals surface area contributed by atoms with Crippen LogP contribution in [0.4, 0.5) is 10.6 Å². The van der Waals surface area contributed by atoms with Gasteiger partial charge in [-0.1, -0.05) is 0 Å². The van der Waals surface area contributed by atoms with Crippen molar-refractivity contribution in [2.24, 2.45) is 0 Å². The minimum absolute atomic E-state index is 0.0314. The summed E-state index contributed by atoms with van der Waals surface area (Å²) in [5.41, 5.74) is -0.544. The molecule has 14 heavy (non-hydrogen) atoms. The van der Waals surface area contributed by atoms with Crippen molar-refractivity contribution in [3.05, 3.63) is 11.6 Å². The molecule has 0 unspecified atom stereocenters.